The Kier molecular flexibility index (Phi) is 5.71. The Labute approximate surface area is 183 Å². The van der Waals surface area contributed by atoms with Crippen LogP contribution in [0.2, 0.25) is 10.0 Å². The molecule has 0 N–H and O–H groups in total. The van der Waals surface area contributed by atoms with Gasteiger partial charge in [-0.25, -0.2) is 0 Å². The summed E-state index contributed by atoms with van der Waals surface area (Å²) < 4.78 is 17.2. The monoisotopic (exact) mass is 440 g/mol. The van der Waals surface area contributed by atoms with Crippen molar-refractivity contribution in [2.24, 2.45) is 0 Å². The van der Waals surface area contributed by atoms with Crippen LogP contribution in [0.15, 0.2) is 70.1 Å². The van der Waals surface area contributed by atoms with Gasteiger partial charge in [0.05, 0.1) is 15.4 Å². The zero-order chi connectivity index (χ0) is 21.3. The second kappa shape index (κ2) is 8.42. The molecule has 0 atom stereocenters. The molecule has 3 aromatic carbocycles. The van der Waals surface area contributed by atoms with Crippen LogP contribution < -0.4 is 14.9 Å². The molecule has 1 heterocycles. The van der Waals surface area contributed by atoms with E-state index in [1.165, 1.54) is 6.26 Å². The van der Waals surface area contributed by atoms with Crippen molar-refractivity contribution in [2.45, 2.75) is 20.5 Å². The first-order valence-corrected chi connectivity index (χ1v) is 10.0. The zero-order valence-corrected chi connectivity index (χ0v) is 17.9. The van der Waals surface area contributed by atoms with E-state index in [1.807, 2.05) is 38.1 Å². The van der Waals surface area contributed by atoms with Gasteiger partial charge >= 0.3 is 0 Å². The van der Waals surface area contributed by atoms with E-state index < -0.39 is 0 Å². The highest BCUT2D eigenvalue weighted by Crippen LogP contribution is 2.27. The molecule has 4 nitrogen and oxygen atoms in total. The number of hydrogen-bond donors (Lipinski definition) is 0. The molecule has 4 aromatic rings. The summed E-state index contributed by atoms with van der Waals surface area (Å²) in [6.07, 6.45) is 1.32. The summed E-state index contributed by atoms with van der Waals surface area (Å²) in [4.78, 5) is 12.8. The van der Waals surface area contributed by atoms with Gasteiger partial charge in [-0.2, -0.15) is 0 Å². The van der Waals surface area contributed by atoms with Gasteiger partial charge in [0.25, 0.3) is 0 Å². The number of aryl methyl sites for hydroxylation is 2. The Hall–Kier alpha value is -2.95. The van der Waals surface area contributed by atoms with Crippen LogP contribution in [0.5, 0.6) is 17.2 Å². The number of halogens is 2. The molecule has 30 heavy (non-hydrogen) atoms. The SMILES string of the molecule is Cc1cc(C)cc(Oc2coc3cc(OCc4ccc(Cl)c(Cl)c4)ccc3c2=O)c1. The minimum absolute atomic E-state index is 0.136. The minimum Gasteiger partial charge on any atom is -0.489 e. The molecule has 0 saturated heterocycles. The molecule has 0 aliphatic carbocycles. The molecule has 0 aliphatic rings. The number of hydrogen-bond acceptors (Lipinski definition) is 4. The summed E-state index contributed by atoms with van der Waals surface area (Å²) in [5.41, 5.74) is 3.16. The molecule has 0 aliphatic heterocycles. The van der Waals surface area contributed by atoms with Gasteiger partial charge in [0, 0.05) is 6.07 Å². The average molecular weight is 441 g/mol. The molecule has 0 spiro atoms. The van der Waals surface area contributed by atoms with E-state index in [0.717, 1.165) is 16.7 Å². The first kappa shape index (κ1) is 20.3. The largest absolute Gasteiger partial charge is 0.489 e. The maximum atomic E-state index is 12.8. The van der Waals surface area contributed by atoms with E-state index >= 15 is 0 Å². The van der Waals surface area contributed by atoms with Crippen LogP contribution in [0.3, 0.4) is 0 Å². The predicted octanol–water partition coefficient (Wildman–Crippen LogP) is 7.09. The fourth-order valence-electron chi connectivity index (χ4n) is 3.17. The smallest absolute Gasteiger partial charge is 0.235 e. The van der Waals surface area contributed by atoms with Crippen LogP contribution >= 0.6 is 23.2 Å². The van der Waals surface area contributed by atoms with Gasteiger partial charge in [0.2, 0.25) is 11.2 Å². The summed E-state index contributed by atoms with van der Waals surface area (Å²) in [5, 5.41) is 1.38. The lowest BCUT2D eigenvalue weighted by Gasteiger charge is -2.09. The van der Waals surface area contributed by atoms with Crippen molar-refractivity contribution < 1.29 is 13.9 Å². The topological polar surface area (TPSA) is 48.7 Å². The molecular formula is C24H18Cl2O4. The lowest BCUT2D eigenvalue weighted by molar-refractivity contribution is 0.306. The third-order valence-corrected chi connectivity index (χ3v) is 5.27. The second-order valence-corrected chi connectivity index (χ2v) is 7.86. The highest BCUT2D eigenvalue weighted by molar-refractivity contribution is 6.42. The van der Waals surface area contributed by atoms with Gasteiger partial charge in [-0.05, 0) is 66.9 Å². The fourth-order valence-corrected chi connectivity index (χ4v) is 3.49. The van der Waals surface area contributed by atoms with Gasteiger partial charge in [0.15, 0.2) is 0 Å². The Morgan fingerprint density at radius 2 is 1.63 bits per heavy atom. The van der Waals surface area contributed by atoms with E-state index in [-0.39, 0.29) is 11.2 Å². The van der Waals surface area contributed by atoms with Gasteiger partial charge in [-0.3, -0.25) is 4.79 Å². The number of fused-ring (bicyclic) bond motifs is 1. The number of benzene rings is 3. The van der Waals surface area contributed by atoms with Crippen LogP contribution in [-0.4, -0.2) is 0 Å². The zero-order valence-electron chi connectivity index (χ0n) is 16.4. The summed E-state index contributed by atoms with van der Waals surface area (Å²) in [6, 6.07) is 16.2. The third kappa shape index (κ3) is 4.45. The van der Waals surface area contributed by atoms with E-state index in [1.54, 1.807) is 30.3 Å². The van der Waals surface area contributed by atoms with Crippen molar-refractivity contribution >= 4 is 34.2 Å². The van der Waals surface area contributed by atoms with Crippen molar-refractivity contribution in [1.82, 2.24) is 0 Å². The summed E-state index contributed by atoms with van der Waals surface area (Å²) in [7, 11) is 0. The van der Waals surface area contributed by atoms with Gasteiger partial charge in [-0.15, -0.1) is 0 Å². The predicted molar refractivity (Wildman–Crippen MR) is 119 cm³/mol. The number of ether oxygens (including phenoxy) is 2. The van der Waals surface area contributed by atoms with Crippen molar-refractivity contribution in [3.8, 4) is 17.2 Å². The average Bonchev–Trinajstić information content (AvgIpc) is 2.70. The van der Waals surface area contributed by atoms with E-state index in [0.29, 0.717) is 39.1 Å². The molecule has 0 saturated carbocycles. The third-order valence-electron chi connectivity index (χ3n) is 4.53. The molecule has 152 valence electrons. The van der Waals surface area contributed by atoms with E-state index in [9.17, 15) is 4.79 Å². The molecule has 0 fully saturated rings. The molecule has 4 rings (SSSR count). The summed E-state index contributed by atoms with van der Waals surface area (Å²) >= 11 is 12.0. The fraction of sp³-hybridized carbons (Fsp3) is 0.125. The Balaban J connectivity index is 1.56. The lowest BCUT2D eigenvalue weighted by atomic mass is 10.1. The maximum Gasteiger partial charge on any atom is 0.235 e. The lowest BCUT2D eigenvalue weighted by Crippen LogP contribution is -2.05. The standard InChI is InChI=1S/C24H18Cl2O4/c1-14-7-15(2)9-18(8-14)30-23-13-29-22-11-17(4-5-19(22)24(23)27)28-12-16-3-6-20(25)21(26)10-16/h3-11,13H,12H2,1-2H3. The molecule has 0 amide bonds. The Bertz CT molecular complexity index is 1270. The molecule has 0 bridgehead atoms. The summed E-state index contributed by atoms with van der Waals surface area (Å²) in [6.45, 7) is 4.25. The molecule has 1 aromatic heterocycles. The van der Waals surface area contributed by atoms with Gasteiger partial charge in [0.1, 0.15) is 30.0 Å². The van der Waals surface area contributed by atoms with Crippen molar-refractivity contribution in [1.29, 1.82) is 0 Å². The first-order valence-electron chi connectivity index (χ1n) is 9.27. The quantitative estimate of drug-likeness (QED) is 0.332. The van der Waals surface area contributed by atoms with Gasteiger partial charge < -0.3 is 13.9 Å². The second-order valence-electron chi connectivity index (χ2n) is 7.05. The van der Waals surface area contributed by atoms with E-state index in [4.69, 9.17) is 37.1 Å². The molecular weight excluding hydrogens is 423 g/mol. The molecule has 6 heteroatoms. The van der Waals surface area contributed by atoms with Crippen molar-refractivity contribution in [3.05, 3.63) is 97.8 Å². The Morgan fingerprint density at radius 3 is 2.37 bits per heavy atom. The summed E-state index contributed by atoms with van der Waals surface area (Å²) in [5.74, 6) is 1.30. The van der Waals surface area contributed by atoms with E-state index in [2.05, 4.69) is 0 Å². The van der Waals surface area contributed by atoms with Crippen molar-refractivity contribution in [3.63, 3.8) is 0 Å². The van der Waals surface area contributed by atoms with Crippen molar-refractivity contribution in [2.75, 3.05) is 0 Å². The highest BCUT2D eigenvalue weighted by Gasteiger charge is 2.11. The molecule has 0 unspecified atom stereocenters. The highest BCUT2D eigenvalue weighted by atomic mass is 35.5. The van der Waals surface area contributed by atoms with Crippen LogP contribution in [0.1, 0.15) is 16.7 Å². The maximum absolute atomic E-state index is 12.8. The van der Waals surface area contributed by atoms with Crippen LogP contribution in [-0.2, 0) is 6.61 Å². The van der Waals surface area contributed by atoms with Crippen LogP contribution in [0.25, 0.3) is 11.0 Å². The van der Waals surface area contributed by atoms with Gasteiger partial charge in [-0.1, -0.05) is 35.3 Å². The Morgan fingerprint density at radius 1 is 0.867 bits per heavy atom. The minimum atomic E-state index is -0.244. The number of rotatable bonds is 5. The first-order chi connectivity index (χ1) is 14.4. The molecule has 0 radical (unpaired) electrons. The van der Waals surface area contributed by atoms with Crippen LogP contribution in [0.4, 0.5) is 0 Å². The van der Waals surface area contributed by atoms with Crippen LogP contribution in [0, 0.1) is 13.8 Å². The normalized spacial score (nSPS) is 10.9.